The molecule has 1 aromatic carbocycles. The van der Waals surface area contributed by atoms with E-state index in [9.17, 15) is 14.4 Å². The van der Waals surface area contributed by atoms with Gasteiger partial charge in [0.1, 0.15) is 6.04 Å². The number of aliphatic hydroxyl groups excluding tert-OH is 1. The maximum absolute atomic E-state index is 11.8. The molecule has 3 rings (SSSR count). The Hall–Kier alpha value is -2.50. The standard InChI is InChI=1S/C12H21NO.C10H19NO3S.C7H8O.C2H2/c14-12(13-8-4-5-9-13)10-11-6-2-1-3-7-11;1-7(2)4-5-9(12)11-8(6-15-3)10(13)14;8-6-7-4-2-1-3-5-7;1-2/h11H,1-10H2;7-8H,4-6H2,1-3H3,(H,11,12)(H,13,14);1-5,8H,6H2;1-2H. The lowest BCUT2D eigenvalue weighted by atomic mass is 9.87. The lowest BCUT2D eigenvalue weighted by Crippen LogP contribution is -2.42. The average Bonchev–Trinajstić information content (AvgIpc) is 3.50. The molecule has 1 aliphatic carbocycles. The molecule has 2 aliphatic rings. The predicted molar refractivity (Wildman–Crippen MR) is 161 cm³/mol. The molecule has 1 saturated heterocycles. The molecule has 1 heterocycles. The molecule has 1 atom stereocenters. The van der Waals surface area contributed by atoms with Crippen molar-refractivity contribution < 1.29 is 24.6 Å². The van der Waals surface area contributed by atoms with Crippen LogP contribution in [0.4, 0.5) is 0 Å². The van der Waals surface area contributed by atoms with Crippen molar-refractivity contribution in [3.63, 3.8) is 0 Å². The number of carbonyl (C=O) groups excluding carboxylic acids is 2. The Morgan fingerprint density at radius 1 is 1.03 bits per heavy atom. The third kappa shape index (κ3) is 18.4. The van der Waals surface area contributed by atoms with Crippen LogP contribution in [-0.2, 0) is 21.0 Å². The van der Waals surface area contributed by atoms with Gasteiger partial charge in [-0.25, -0.2) is 4.79 Å². The van der Waals surface area contributed by atoms with E-state index in [0.29, 0.717) is 29.9 Å². The quantitative estimate of drug-likeness (QED) is 0.331. The number of nitrogens with zero attached hydrogens (tertiary/aromatic N) is 1. The summed E-state index contributed by atoms with van der Waals surface area (Å²) in [6.45, 7) is 6.24. The Morgan fingerprint density at radius 2 is 1.62 bits per heavy atom. The Kier molecular flexibility index (Phi) is 21.9. The fourth-order valence-corrected chi connectivity index (χ4v) is 4.90. The molecule has 0 radical (unpaired) electrons. The molecule has 7 nitrogen and oxygen atoms in total. The molecule has 2 fully saturated rings. The Bertz CT molecular complexity index is 804. The highest BCUT2D eigenvalue weighted by molar-refractivity contribution is 7.98. The van der Waals surface area contributed by atoms with E-state index >= 15 is 0 Å². The molecule has 8 heteroatoms. The van der Waals surface area contributed by atoms with E-state index in [2.05, 4.69) is 23.1 Å². The molecule has 0 bridgehead atoms. The number of benzene rings is 1. The maximum Gasteiger partial charge on any atom is 0.327 e. The number of hydrogen-bond acceptors (Lipinski definition) is 5. The topological polar surface area (TPSA) is 107 Å². The number of nitrogens with one attached hydrogen (secondary N) is 1. The molecule has 1 aromatic rings. The Labute approximate surface area is 240 Å². The van der Waals surface area contributed by atoms with E-state index in [0.717, 1.165) is 31.5 Å². The number of carboxylic acids is 1. The number of amides is 2. The van der Waals surface area contributed by atoms with Gasteiger partial charge in [0.15, 0.2) is 0 Å². The van der Waals surface area contributed by atoms with Crippen LogP contribution in [0.15, 0.2) is 30.3 Å². The van der Waals surface area contributed by atoms with Gasteiger partial charge in [-0.05, 0) is 55.8 Å². The zero-order chi connectivity index (χ0) is 29.5. The predicted octanol–water partition coefficient (Wildman–Crippen LogP) is 5.36. The van der Waals surface area contributed by atoms with Crippen molar-refractivity contribution in [1.82, 2.24) is 10.2 Å². The highest BCUT2D eigenvalue weighted by atomic mass is 32.2. The van der Waals surface area contributed by atoms with Crippen LogP contribution in [0.5, 0.6) is 0 Å². The van der Waals surface area contributed by atoms with E-state index in [1.54, 1.807) is 0 Å². The van der Waals surface area contributed by atoms with E-state index in [-0.39, 0.29) is 12.5 Å². The number of terminal acetylenes is 1. The fraction of sp³-hybridized carbons (Fsp3) is 0.645. The number of carboxylic acid groups (broad SMARTS) is 1. The lowest BCUT2D eigenvalue weighted by Gasteiger charge is -2.23. The second-order valence-electron chi connectivity index (χ2n) is 10.3. The van der Waals surface area contributed by atoms with Crippen LogP contribution in [0.3, 0.4) is 0 Å². The third-order valence-electron chi connectivity index (χ3n) is 6.59. The molecule has 1 unspecified atom stereocenters. The van der Waals surface area contributed by atoms with Crippen LogP contribution in [0.2, 0.25) is 0 Å². The lowest BCUT2D eigenvalue weighted by molar-refractivity contribution is -0.141. The van der Waals surface area contributed by atoms with Gasteiger partial charge >= 0.3 is 5.97 Å². The Balaban J connectivity index is 0.000000558. The van der Waals surface area contributed by atoms with Crippen molar-refractivity contribution in [3.8, 4) is 12.8 Å². The van der Waals surface area contributed by atoms with Crippen LogP contribution >= 0.6 is 11.8 Å². The number of hydrogen-bond donors (Lipinski definition) is 3. The third-order valence-corrected chi connectivity index (χ3v) is 7.25. The van der Waals surface area contributed by atoms with Gasteiger partial charge in [0, 0.05) is 31.7 Å². The number of aliphatic carboxylic acids is 1. The SMILES string of the molecule is C#C.CSCC(NC(=O)CCC(C)C)C(=O)O.O=C(CC1CCCCC1)N1CCCC1.OCc1ccccc1. The van der Waals surface area contributed by atoms with Crippen LogP contribution < -0.4 is 5.32 Å². The smallest absolute Gasteiger partial charge is 0.327 e. The zero-order valence-electron chi connectivity index (χ0n) is 24.1. The van der Waals surface area contributed by atoms with Gasteiger partial charge < -0.3 is 20.4 Å². The fourth-order valence-electron chi connectivity index (χ4n) is 4.34. The molecule has 0 aromatic heterocycles. The van der Waals surface area contributed by atoms with Crippen molar-refractivity contribution in [2.24, 2.45) is 11.8 Å². The molecular weight excluding hydrogens is 512 g/mol. The largest absolute Gasteiger partial charge is 0.480 e. The summed E-state index contributed by atoms with van der Waals surface area (Å²) in [7, 11) is 0. The van der Waals surface area contributed by atoms with Gasteiger partial charge in [-0.1, -0.05) is 63.4 Å². The van der Waals surface area contributed by atoms with Crippen LogP contribution in [0, 0.1) is 24.7 Å². The molecule has 1 saturated carbocycles. The maximum atomic E-state index is 11.8. The minimum Gasteiger partial charge on any atom is -0.480 e. The normalized spacial score (nSPS) is 15.4. The first kappa shape index (κ1) is 36.5. The highest BCUT2D eigenvalue weighted by Gasteiger charge is 2.22. The highest BCUT2D eigenvalue weighted by Crippen LogP contribution is 2.27. The van der Waals surface area contributed by atoms with Gasteiger partial charge in [-0.15, -0.1) is 12.8 Å². The zero-order valence-corrected chi connectivity index (χ0v) is 25.0. The van der Waals surface area contributed by atoms with Crippen molar-refractivity contribution in [1.29, 1.82) is 0 Å². The van der Waals surface area contributed by atoms with Gasteiger partial charge in [-0.3, -0.25) is 9.59 Å². The summed E-state index contributed by atoms with van der Waals surface area (Å²) in [4.78, 5) is 36.0. The molecule has 220 valence electrons. The van der Waals surface area contributed by atoms with Crippen LogP contribution in [-0.4, -0.2) is 64.0 Å². The van der Waals surface area contributed by atoms with Crippen LogP contribution in [0.1, 0.15) is 83.6 Å². The molecule has 1 aliphatic heterocycles. The molecule has 0 spiro atoms. The monoisotopic (exact) mass is 562 g/mol. The second-order valence-corrected chi connectivity index (χ2v) is 11.2. The van der Waals surface area contributed by atoms with Crippen molar-refractivity contribution in [3.05, 3.63) is 35.9 Å². The van der Waals surface area contributed by atoms with E-state index < -0.39 is 12.0 Å². The molecule has 3 N–H and O–H groups in total. The summed E-state index contributed by atoms with van der Waals surface area (Å²) in [5.41, 5.74) is 0.965. The average molecular weight is 563 g/mol. The first-order valence-electron chi connectivity index (χ1n) is 14.0. The van der Waals surface area contributed by atoms with Crippen LogP contribution in [0.25, 0.3) is 0 Å². The minimum absolute atomic E-state index is 0.140. The number of rotatable bonds is 10. The second kappa shape index (κ2) is 23.4. The summed E-state index contributed by atoms with van der Waals surface area (Å²) < 4.78 is 0. The van der Waals surface area contributed by atoms with Crippen molar-refractivity contribution >= 4 is 29.5 Å². The van der Waals surface area contributed by atoms with E-state index in [1.165, 1.54) is 56.7 Å². The molecular formula is C31H50N2O5S. The first-order valence-corrected chi connectivity index (χ1v) is 15.4. The van der Waals surface area contributed by atoms with E-state index in [4.69, 9.17) is 10.2 Å². The Morgan fingerprint density at radius 3 is 2.08 bits per heavy atom. The minimum atomic E-state index is -0.970. The number of likely N-dealkylation sites (tertiary alicyclic amines) is 1. The number of thioether (sulfide) groups is 1. The van der Waals surface area contributed by atoms with Gasteiger partial charge in [0.25, 0.3) is 0 Å². The van der Waals surface area contributed by atoms with Crippen molar-refractivity contribution in [2.75, 3.05) is 25.1 Å². The number of carbonyl (C=O) groups is 3. The summed E-state index contributed by atoms with van der Waals surface area (Å²) in [5, 5.41) is 19.9. The van der Waals surface area contributed by atoms with Gasteiger partial charge in [0.05, 0.1) is 6.61 Å². The van der Waals surface area contributed by atoms with Crippen molar-refractivity contribution in [2.45, 2.75) is 90.7 Å². The first-order chi connectivity index (χ1) is 18.8. The molecule has 2 amide bonds. The summed E-state index contributed by atoms with van der Waals surface area (Å²) in [5.74, 6) is 0.848. The number of aliphatic hydroxyl groups is 1. The summed E-state index contributed by atoms with van der Waals surface area (Å²) >= 11 is 1.41. The van der Waals surface area contributed by atoms with Gasteiger partial charge in [0.2, 0.25) is 11.8 Å². The summed E-state index contributed by atoms with van der Waals surface area (Å²) in [6, 6.07) is 8.76. The van der Waals surface area contributed by atoms with Gasteiger partial charge in [-0.2, -0.15) is 11.8 Å². The summed E-state index contributed by atoms with van der Waals surface area (Å²) in [6.07, 6.45) is 20.9. The van der Waals surface area contributed by atoms with E-state index in [1.807, 2.05) is 50.4 Å². The molecule has 39 heavy (non-hydrogen) atoms.